The maximum Gasteiger partial charge on any atom is 0.259 e. The average Bonchev–Trinajstić information content (AvgIpc) is 2.43. The van der Waals surface area contributed by atoms with Gasteiger partial charge < -0.3 is 15.8 Å². The van der Waals surface area contributed by atoms with Crippen molar-refractivity contribution in [3.05, 3.63) is 53.6 Å². The molecule has 1 amide bonds. The summed E-state index contributed by atoms with van der Waals surface area (Å²) < 4.78 is 5.17. The van der Waals surface area contributed by atoms with Crippen molar-refractivity contribution in [2.45, 2.75) is 6.92 Å². The summed E-state index contributed by atoms with van der Waals surface area (Å²) in [6, 6.07) is 12.5. The first-order valence-electron chi connectivity index (χ1n) is 5.92. The second-order valence-corrected chi connectivity index (χ2v) is 4.23. The Bertz CT molecular complexity index is 609. The summed E-state index contributed by atoms with van der Waals surface area (Å²) in [5.41, 5.74) is 8.59. The van der Waals surface area contributed by atoms with Crippen LogP contribution in [-0.4, -0.2) is 13.0 Å². The lowest BCUT2D eigenvalue weighted by molar-refractivity contribution is 0.102. The fourth-order valence-corrected chi connectivity index (χ4v) is 1.78. The van der Waals surface area contributed by atoms with Gasteiger partial charge >= 0.3 is 0 Å². The van der Waals surface area contributed by atoms with Crippen molar-refractivity contribution in [2.75, 3.05) is 18.2 Å². The van der Waals surface area contributed by atoms with E-state index in [2.05, 4.69) is 5.32 Å². The molecule has 4 nitrogen and oxygen atoms in total. The maximum atomic E-state index is 12.2. The lowest BCUT2D eigenvalue weighted by Gasteiger charge is -2.10. The van der Waals surface area contributed by atoms with Crippen molar-refractivity contribution in [3.63, 3.8) is 0 Å². The van der Waals surface area contributed by atoms with E-state index in [0.717, 1.165) is 5.56 Å². The molecule has 2 aromatic rings. The minimum atomic E-state index is -0.207. The van der Waals surface area contributed by atoms with Crippen LogP contribution in [0, 0.1) is 6.92 Å². The van der Waals surface area contributed by atoms with Crippen molar-refractivity contribution in [2.24, 2.45) is 0 Å². The van der Waals surface area contributed by atoms with Crippen LogP contribution >= 0.6 is 0 Å². The van der Waals surface area contributed by atoms with E-state index >= 15 is 0 Å². The van der Waals surface area contributed by atoms with Gasteiger partial charge in [0, 0.05) is 11.4 Å². The second-order valence-electron chi connectivity index (χ2n) is 4.23. The zero-order chi connectivity index (χ0) is 13.8. The summed E-state index contributed by atoms with van der Waals surface area (Å²) >= 11 is 0. The van der Waals surface area contributed by atoms with Gasteiger partial charge in [-0.05, 0) is 42.8 Å². The minimum absolute atomic E-state index is 0.207. The molecule has 0 bridgehead atoms. The molecule has 2 aromatic carbocycles. The molecule has 0 aliphatic rings. The Morgan fingerprint density at radius 3 is 2.63 bits per heavy atom. The number of para-hydroxylation sites is 1. The number of nitrogen functional groups attached to an aromatic ring is 1. The summed E-state index contributed by atoms with van der Waals surface area (Å²) in [6.45, 7) is 1.90. The van der Waals surface area contributed by atoms with Crippen LogP contribution in [0.2, 0.25) is 0 Å². The molecule has 0 saturated heterocycles. The molecule has 98 valence electrons. The van der Waals surface area contributed by atoms with Crippen LogP contribution < -0.4 is 15.8 Å². The molecular formula is C15H16N2O2. The fourth-order valence-electron chi connectivity index (χ4n) is 1.78. The van der Waals surface area contributed by atoms with Gasteiger partial charge in [0.05, 0.1) is 12.7 Å². The van der Waals surface area contributed by atoms with Crippen LogP contribution in [0.1, 0.15) is 15.9 Å². The Morgan fingerprint density at radius 1 is 1.21 bits per heavy atom. The number of ether oxygens (including phenoxy) is 1. The van der Waals surface area contributed by atoms with Crippen molar-refractivity contribution in [3.8, 4) is 5.75 Å². The quantitative estimate of drug-likeness (QED) is 0.830. The molecule has 2 rings (SSSR count). The molecular weight excluding hydrogens is 240 g/mol. The standard InChI is InChI=1S/C15H16N2O2/c1-10-9-11(7-8-13(10)16)17-15(18)12-5-3-4-6-14(12)19-2/h3-9H,16H2,1-2H3,(H,17,18). The summed E-state index contributed by atoms with van der Waals surface area (Å²) in [6.07, 6.45) is 0. The van der Waals surface area contributed by atoms with Gasteiger partial charge in [-0.25, -0.2) is 0 Å². The van der Waals surface area contributed by atoms with E-state index in [1.807, 2.05) is 19.1 Å². The predicted molar refractivity (Wildman–Crippen MR) is 76.5 cm³/mol. The van der Waals surface area contributed by atoms with Crippen LogP contribution in [0.3, 0.4) is 0 Å². The Hall–Kier alpha value is -2.49. The first-order chi connectivity index (χ1) is 9.11. The topological polar surface area (TPSA) is 64.3 Å². The fraction of sp³-hybridized carbons (Fsp3) is 0.133. The minimum Gasteiger partial charge on any atom is -0.496 e. The van der Waals surface area contributed by atoms with E-state index in [9.17, 15) is 4.79 Å². The van der Waals surface area contributed by atoms with Crippen LogP contribution in [0.25, 0.3) is 0 Å². The van der Waals surface area contributed by atoms with Crippen molar-refractivity contribution >= 4 is 17.3 Å². The molecule has 0 radical (unpaired) electrons. The Kier molecular flexibility index (Phi) is 3.71. The Labute approximate surface area is 112 Å². The van der Waals surface area contributed by atoms with E-state index < -0.39 is 0 Å². The highest BCUT2D eigenvalue weighted by Crippen LogP contribution is 2.21. The summed E-state index contributed by atoms with van der Waals surface area (Å²) in [5.74, 6) is 0.341. The molecule has 0 aliphatic heterocycles. The smallest absolute Gasteiger partial charge is 0.259 e. The number of hydrogen-bond donors (Lipinski definition) is 2. The number of carbonyl (C=O) groups is 1. The van der Waals surface area contributed by atoms with E-state index in [1.54, 1.807) is 37.4 Å². The van der Waals surface area contributed by atoms with Crippen molar-refractivity contribution < 1.29 is 9.53 Å². The number of aryl methyl sites for hydroxylation is 1. The van der Waals surface area contributed by atoms with Gasteiger partial charge in [0.25, 0.3) is 5.91 Å². The SMILES string of the molecule is COc1ccccc1C(=O)Nc1ccc(N)c(C)c1. The molecule has 0 aromatic heterocycles. The summed E-state index contributed by atoms with van der Waals surface area (Å²) in [7, 11) is 1.54. The lowest BCUT2D eigenvalue weighted by Crippen LogP contribution is -2.13. The first kappa shape index (κ1) is 13.0. The van der Waals surface area contributed by atoms with Crippen molar-refractivity contribution in [1.29, 1.82) is 0 Å². The maximum absolute atomic E-state index is 12.2. The highest BCUT2D eigenvalue weighted by atomic mass is 16.5. The normalized spacial score (nSPS) is 10.0. The van der Waals surface area contributed by atoms with Crippen LogP contribution in [0.5, 0.6) is 5.75 Å². The molecule has 0 unspecified atom stereocenters. The first-order valence-corrected chi connectivity index (χ1v) is 5.92. The molecule has 0 spiro atoms. The second kappa shape index (κ2) is 5.44. The van der Waals surface area contributed by atoms with Crippen LogP contribution in [0.4, 0.5) is 11.4 Å². The number of amides is 1. The Balaban J connectivity index is 2.23. The van der Waals surface area contributed by atoms with Crippen LogP contribution in [-0.2, 0) is 0 Å². The third-order valence-corrected chi connectivity index (χ3v) is 2.88. The van der Waals surface area contributed by atoms with E-state index in [1.165, 1.54) is 0 Å². The molecule has 0 atom stereocenters. The number of rotatable bonds is 3. The van der Waals surface area contributed by atoms with Gasteiger partial charge in [-0.1, -0.05) is 12.1 Å². The predicted octanol–water partition coefficient (Wildman–Crippen LogP) is 2.84. The zero-order valence-corrected chi connectivity index (χ0v) is 10.9. The third kappa shape index (κ3) is 2.85. The number of methoxy groups -OCH3 is 1. The van der Waals surface area contributed by atoms with Gasteiger partial charge in [-0.3, -0.25) is 4.79 Å². The van der Waals surface area contributed by atoms with Gasteiger partial charge in [-0.15, -0.1) is 0 Å². The van der Waals surface area contributed by atoms with Gasteiger partial charge in [-0.2, -0.15) is 0 Å². The van der Waals surface area contributed by atoms with Gasteiger partial charge in [0.2, 0.25) is 0 Å². The number of benzene rings is 2. The summed E-state index contributed by atoms with van der Waals surface area (Å²) in [4.78, 5) is 12.2. The number of hydrogen-bond acceptors (Lipinski definition) is 3. The molecule has 0 saturated carbocycles. The highest BCUT2D eigenvalue weighted by Gasteiger charge is 2.11. The van der Waals surface area contributed by atoms with E-state index in [0.29, 0.717) is 22.7 Å². The molecule has 3 N–H and O–H groups in total. The number of anilines is 2. The third-order valence-electron chi connectivity index (χ3n) is 2.88. The average molecular weight is 256 g/mol. The van der Waals surface area contributed by atoms with E-state index in [-0.39, 0.29) is 5.91 Å². The highest BCUT2D eigenvalue weighted by molar-refractivity contribution is 6.06. The molecule has 19 heavy (non-hydrogen) atoms. The lowest BCUT2D eigenvalue weighted by atomic mass is 10.1. The molecule has 0 fully saturated rings. The van der Waals surface area contributed by atoms with Crippen LogP contribution in [0.15, 0.2) is 42.5 Å². The number of nitrogens with one attached hydrogen (secondary N) is 1. The largest absolute Gasteiger partial charge is 0.496 e. The molecule has 0 heterocycles. The number of carbonyl (C=O) groups excluding carboxylic acids is 1. The van der Waals surface area contributed by atoms with Gasteiger partial charge in [0.15, 0.2) is 0 Å². The number of nitrogens with two attached hydrogens (primary N) is 1. The van der Waals surface area contributed by atoms with Crippen molar-refractivity contribution in [1.82, 2.24) is 0 Å². The monoisotopic (exact) mass is 256 g/mol. The van der Waals surface area contributed by atoms with E-state index in [4.69, 9.17) is 10.5 Å². The Morgan fingerprint density at radius 2 is 1.95 bits per heavy atom. The molecule has 0 aliphatic carbocycles. The summed E-state index contributed by atoms with van der Waals surface area (Å²) in [5, 5.41) is 2.83. The molecule has 4 heteroatoms. The zero-order valence-electron chi connectivity index (χ0n) is 10.9. The van der Waals surface area contributed by atoms with Gasteiger partial charge in [0.1, 0.15) is 5.75 Å².